The van der Waals surface area contributed by atoms with Gasteiger partial charge in [-0.1, -0.05) is 0 Å². The molecule has 0 amide bonds. The van der Waals surface area contributed by atoms with E-state index in [9.17, 15) is 8.42 Å². The van der Waals surface area contributed by atoms with Crippen molar-refractivity contribution in [2.75, 3.05) is 43.7 Å². The first-order valence-corrected chi connectivity index (χ1v) is 10.2. The van der Waals surface area contributed by atoms with Gasteiger partial charge < -0.3 is 5.32 Å². The van der Waals surface area contributed by atoms with Crippen molar-refractivity contribution in [3.8, 4) is 0 Å². The fourth-order valence-corrected chi connectivity index (χ4v) is 6.34. The summed E-state index contributed by atoms with van der Waals surface area (Å²) in [5, 5.41) is 3.60. The smallest absolute Gasteiger partial charge is 0.164 e. The van der Waals surface area contributed by atoms with Crippen molar-refractivity contribution >= 4 is 33.4 Å². The quantitative estimate of drug-likeness (QED) is 0.798. The lowest BCUT2D eigenvalue weighted by atomic mass is 10.2. The maximum Gasteiger partial charge on any atom is 0.164 e. The lowest BCUT2D eigenvalue weighted by Crippen LogP contribution is -2.55. The Bertz CT molecular complexity index is 361. The normalized spacial score (nSPS) is 36.2. The maximum absolute atomic E-state index is 11.9. The summed E-state index contributed by atoms with van der Waals surface area (Å²) in [6, 6.07) is 0.366. The van der Waals surface area contributed by atoms with Gasteiger partial charge in [0.15, 0.2) is 9.84 Å². The number of nitrogens with one attached hydrogen (secondary N) is 1. The number of sulfone groups is 1. The van der Waals surface area contributed by atoms with Crippen molar-refractivity contribution in [3.05, 3.63) is 0 Å². The summed E-state index contributed by atoms with van der Waals surface area (Å²) in [4.78, 5) is 2.22. The van der Waals surface area contributed by atoms with Crippen molar-refractivity contribution in [2.45, 2.75) is 16.7 Å². The summed E-state index contributed by atoms with van der Waals surface area (Å²) in [7, 11) is -2.98. The second kappa shape index (κ2) is 5.69. The van der Waals surface area contributed by atoms with Crippen LogP contribution in [-0.2, 0) is 9.84 Å². The summed E-state index contributed by atoms with van der Waals surface area (Å²) in [5.74, 6) is 1.76. The van der Waals surface area contributed by atoms with Gasteiger partial charge in [0, 0.05) is 48.7 Å². The van der Waals surface area contributed by atoms with E-state index in [0.717, 1.165) is 31.1 Å². The molecular formula is C10H20N2O2S3. The Labute approximate surface area is 112 Å². The van der Waals surface area contributed by atoms with Gasteiger partial charge in [0.2, 0.25) is 0 Å². The van der Waals surface area contributed by atoms with Crippen LogP contribution >= 0.6 is 23.5 Å². The van der Waals surface area contributed by atoms with Crippen LogP contribution < -0.4 is 5.32 Å². The predicted octanol–water partition coefficient (Wildman–Crippen LogP) is 0.109. The molecule has 7 heteroatoms. The molecule has 3 atom stereocenters. The number of rotatable bonds is 3. The van der Waals surface area contributed by atoms with Crippen LogP contribution in [0.15, 0.2) is 0 Å². The van der Waals surface area contributed by atoms with Crippen molar-refractivity contribution < 1.29 is 8.42 Å². The number of nitrogens with zero attached hydrogens (tertiary/aromatic N) is 1. The second-order valence-electron chi connectivity index (χ2n) is 4.60. The molecule has 2 aliphatic heterocycles. The van der Waals surface area contributed by atoms with Gasteiger partial charge in [0.25, 0.3) is 0 Å². The fraction of sp³-hybridized carbons (Fsp3) is 1.00. The molecule has 0 aromatic heterocycles. The first-order chi connectivity index (χ1) is 8.04. The molecule has 4 nitrogen and oxygen atoms in total. The molecule has 100 valence electrons. The third kappa shape index (κ3) is 3.12. The minimum atomic E-state index is -2.98. The zero-order valence-corrected chi connectivity index (χ0v) is 12.7. The molecule has 2 rings (SSSR count). The molecule has 2 saturated heterocycles. The molecule has 0 spiro atoms. The van der Waals surface area contributed by atoms with Gasteiger partial charge in [-0.2, -0.15) is 23.5 Å². The van der Waals surface area contributed by atoms with Crippen molar-refractivity contribution in [3.63, 3.8) is 0 Å². The highest BCUT2D eigenvalue weighted by atomic mass is 32.2. The highest BCUT2D eigenvalue weighted by Crippen LogP contribution is 2.28. The largest absolute Gasteiger partial charge is 0.314 e. The van der Waals surface area contributed by atoms with Crippen LogP contribution in [0.1, 0.15) is 0 Å². The highest BCUT2D eigenvalue weighted by molar-refractivity contribution is 8.01. The Morgan fingerprint density at radius 2 is 2.18 bits per heavy atom. The molecule has 0 aliphatic carbocycles. The van der Waals surface area contributed by atoms with Crippen molar-refractivity contribution in [1.29, 1.82) is 0 Å². The number of thioether (sulfide) groups is 2. The summed E-state index contributed by atoms with van der Waals surface area (Å²) < 4.78 is 23.7. The summed E-state index contributed by atoms with van der Waals surface area (Å²) in [5.41, 5.74) is 0. The lowest BCUT2D eigenvalue weighted by Gasteiger charge is -2.39. The van der Waals surface area contributed by atoms with Crippen molar-refractivity contribution in [2.24, 2.45) is 0 Å². The van der Waals surface area contributed by atoms with E-state index in [1.54, 1.807) is 11.8 Å². The van der Waals surface area contributed by atoms with E-state index in [4.69, 9.17) is 0 Å². The summed E-state index contributed by atoms with van der Waals surface area (Å²) in [6.07, 6.45) is 3.48. The van der Waals surface area contributed by atoms with Crippen LogP contribution in [0.5, 0.6) is 0 Å². The number of hydrogen-bond acceptors (Lipinski definition) is 6. The molecule has 1 N–H and O–H groups in total. The van der Waals surface area contributed by atoms with Gasteiger partial charge in [-0.3, -0.25) is 4.90 Å². The Morgan fingerprint density at radius 3 is 2.82 bits per heavy atom. The molecule has 0 bridgehead atoms. The zero-order chi connectivity index (χ0) is 12.5. The lowest BCUT2D eigenvalue weighted by molar-refractivity contribution is 0.208. The van der Waals surface area contributed by atoms with Crippen LogP contribution in [0, 0.1) is 0 Å². The van der Waals surface area contributed by atoms with Gasteiger partial charge in [-0.15, -0.1) is 0 Å². The molecule has 2 aliphatic rings. The Balaban J connectivity index is 2.16. The van der Waals surface area contributed by atoms with E-state index >= 15 is 0 Å². The van der Waals surface area contributed by atoms with Gasteiger partial charge in [0.1, 0.15) is 5.37 Å². The topological polar surface area (TPSA) is 49.4 Å². The highest BCUT2D eigenvalue weighted by Gasteiger charge is 2.40. The molecule has 0 saturated carbocycles. The molecule has 3 unspecified atom stereocenters. The maximum atomic E-state index is 11.9. The predicted molar refractivity (Wildman–Crippen MR) is 76.6 cm³/mol. The third-order valence-corrected chi connectivity index (χ3v) is 7.22. The Hall–Kier alpha value is 0.570. The zero-order valence-electron chi connectivity index (χ0n) is 10.3. The molecule has 17 heavy (non-hydrogen) atoms. The van der Waals surface area contributed by atoms with Gasteiger partial charge >= 0.3 is 0 Å². The van der Waals surface area contributed by atoms with E-state index in [1.165, 1.54) is 6.26 Å². The van der Waals surface area contributed by atoms with Gasteiger partial charge in [-0.05, 0) is 6.26 Å². The first-order valence-electron chi connectivity index (χ1n) is 5.80. The summed E-state index contributed by atoms with van der Waals surface area (Å²) >= 11 is 3.59. The fourth-order valence-electron chi connectivity index (χ4n) is 2.55. The average molecular weight is 296 g/mol. The molecule has 0 aromatic carbocycles. The monoisotopic (exact) mass is 296 g/mol. The SMILES string of the molecule is CSC1CNCC1N1CCSCC1S(C)(=O)=O. The molecule has 0 radical (unpaired) electrons. The first kappa shape index (κ1) is 14.0. The number of hydrogen-bond donors (Lipinski definition) is 1. The molecular weight excluding hydrogens is 276 g/mol. The van der Waals surface area contributed by atoms with Gasteiger partial charge in [0.05, 0.1) is 0 Å². The second-order valence-corrected chi connectivity index (χ2v) is 9.03. The van der Waals surface area contributed by atoms with E-state index in [2.05, 4.69) is 16.5 Å². The van der Waals surface area contributed by atoms with Crippen LogP contribution in [0.2, 0.25) is 0 Å². The molecule has 0 aromatic rings. The van der Waals surface area contributed by atoms with Crippen LogP contribution in [0.4, 0.5) is 0 Å². The van der Waals surface area contributed by atoms with E-state index in [0.29, 0.717) is 11.3 Å². The van der Waals surface area contributed by atoms with Crippen LogP contribution in [-0.4, -0.2) is 73.6 Å². The van der Waals surface area contributed by atoms with E-state index < -0.39 is 9.84 Å². The molecule has 2 heterocycles. The average Bonchev–Trinajstić information content (AvgIpc) is 2.75. The third-order valence-electron chi connectivity index (χ3n) is 3.48. The van der Waals surface area contributed by atoms with Crippen LogP contribution in [0.25, 0.3) is 0 Å². The minimum absolute atomic E-state index is 0.291. The minimum Gasteiger partial charge on any atom is -0.314 e. The van der Waals surface area contributed by atoms with Crippen molar-refractivity contribution in [1.82, 2.24) is 10.2 Å². The molecule has 2 fully saturated rings. The standard InChI is InChI=1S/C10H20N2O2S3/c1-15-9-6-11-5-8(9)12-3-4-16-7-10(12)17(2,13)14/h8-11H,3-7H2,1-2H3. The summed E-state index contributed by atoms with van der Waals surface area (Å²) in [6.45, 7) is 2.81. The van der Waals surface area contributed by atoms with Crippen LogP contribution in [0.3, 0.4) is 0 Å². The Morgan fingerprint density at radius 1 is 1.41 bits per heavy atom. The van der Waals surface area contributed by atoms with E-state index in [-0.39, 0.29) is 5.37 Å². The van der Waals surface area contributed by atoms with E-state index in [1.807, 2.05) is 11.8 Å². The Kier molecular flexibility index (Phi) is 4.68. The van der Waals surface area contributed by atoms with Gasteiger partial charge in [-0.25, -0.2) is 8.42 Å².